The Morgan fingerprint density at radius 1 is 0.289 bits per heavy atom. The van der Waals surface area contributed by atoms with Crippen LogP contribution in [0.5, 0.6) is 0 Å². The quantitative estimate of drug-likeness (QED) is 0.192. The molecule has 2 heteroatoms. The molecular weight excluding hydrogens is 548 g/mol. The molecule has 2 nitrogen and oxygen atoms in total. The van der Waals surface area contributed by atoms with Crippen LogP contribution >= 0.6 is 0 Å². The molecule has 0 radical (unpaired) electrons. The standard InChI is InChI=1S/C43H26O2/c1-25-10-15-32-35(20-25)37-22-27(29-14-19-43-39(24-29)34-7-3-5-9-41(34)45-43)12-17-31(37)30-16-11-26(21-36(30)32)28-13-18-42-38(23-28)33-6-2-4-8-40(33)44-42/h2-24H,1H3. The first kappa shape index (κ1) is 24.6. The fourth-order valence-corrected chi connectivity index (χ4v) is 7.29. The number of benzene rings is 8. The first-order chi connectivity index (χ1) is 22.2. The molecule has 0 bridgehead atoms. The van der Waals surface area contributed by atoms with Crippen molar-refractivity contribution in [3.63, 3.8) is 0 Å². The fourth-order valence-electron chi connectivity index (χ4n) is 7.29. The van der Waals surface area contributed by atoms with Crippen LogP contribution in [0.25, 0.3) is 98.4 Å². The summed E-state index contributed by atoms with van der Waals surface area (Å²) in [5.74, 6) is 0. The van der Waals surface area contributed by atoms with Crippen molar-refractivity contribution in [3.05, 3.63) is 145 Å². The first-order valence-corrected chi connectivity index (χ1v) is 15.4. The highest BCUT2D eigenvalue weighted by molar-refractivity contribution is 6.26. The van der Waals surface area contributed by atoms with Crippen molar-refractivity contribution in [2.24, 2.45) is 0 Å². The number of furan rings is 2. The highest BCUT2D eigenvalue weighted by atomic mass is 16.3. The second-order valence-electron chi connectivity index (χ2n) is 12.2. The number of fused-ring (bicyclic) bond motifs is 12. The molecule has 2 aromatic heterocycles. The summed E-state index contributed by atoms with van der Waals surface area (Å²) in [5.41, 5.74) is 9.73. The third-order valence-electron chi connectivity index (χ3n) is 9.50. The Balaban J connectivity index is 1.18. The normalized spacial score (nSPS) is 12.1. The lowest BCUT2D eigenvalue weighted by atomic mass is 9.89. The molecule has 2 heterocycles. The van der Waals surface area contributed by atoms with E-state index in [2.05, 4.69) is 122 Å². The van der Waals surface area contributed by atoms with Gasteiger partial charge in [-0.15, -0.1) is 0 Å². The maximum Gasteiger partial charge on any atom is 0.135 e. The topological polar surface area (TPSA) is 26.3 Å². The minimum atomic E-state index is 0.920. The molecule has 0 fully saturated rings. The van der Waals surface area contributed by atoms with E-state index >= 15 is 0 Å². The van der Waals surface area contributed by atoms with Gasteiger partial charge in [0.1, 0.15) is 22.3 Å². The average molecular weight is 575 g/mol. The minimum absolute atomic E-state index is 0.920. The lowest BCUT2D eigenvalue weighted by Crippen LogP contribution is -1.87. The van der Waals surface area contributed by atoms with Crippen molar-refractivity contribution in [2.75, 3.05) is 0 Å². The highest BCUT2D eigenvalue weighted by Gasteiger charge is 2.14. The Morgan fingerprint density at radius 2 is 0.667 bits per heavy atom. The first-order valence-electron chi connectivity index (χ1n) is 15.4. The van der Waals surface area contributed by atoms with Gasteiger partial charge in [0.25, 0.3) is 0 Å². The van der Waals surface area contributed by atoms with Crippen LogP contribution < -0.4 is 0 Å². The van der Waals surface area contributed by atoms with E-state index in [0.717, 1.165) is 43.9 Å². The molecule has 0 aliphatic carbocycles. The molecule has 210 valence electrons. The number of hydrogen-bond acceptors (Lipinski definition) is 2. The van der Waals surface area contributed by atoms with Crippen molar-refractivity contribution in [1.29, 1.82) is 0 Å². The zero-order valence-corrected chi connectivity index (χ0v) is 24.6. The highest BCUT2D eigenvalue weighted by Crippen LogP contribution is 2.41. The smallest absolute Gasteiger partial charge is 0.135 e. The van der Waals surface area contributed by atoms with Crippen molar-refractivity contribution in [2.45, 2.75) is 6.92 Å². The average Bonchev–Trinajstić information content (AvgIpc) is 3.65. The van der Waals surface area contributed by atoms with Gasteiger partial charge in [-0.3, -0.25) is 0 Å². The number of hydrogen-bond donors (Lipinski definition) is 0. The summed E-state index contributed by atoms with van der Waals surface area (Å²) in [6.45, 7) is 2.18. The minimum Gasteiger partial charge on any atom is -0.456 e. The van der Waals surface area contributed by atoms with Gasteiger partial charge in [-0.1, -0.05) is 96.6 Å². The summed E-state index contributed by atoms with van der Waals surface area (Å²) in [6.07, 6.45) is 0. The van der Waals surface area contributed by atoms with Crippen molar-refractivity contribution >= 4 is 76.2 Å². The van der Waals surface area contributed by atoms with E-state index in [1.165, 1.54) is 60.1 Å². The Labute approximate surface area is 258 Å². The molecule has 10 aromatic rings. The largest absolute Gasteiger partial charge is 0.456 e. The second-order valence-corrected chi connectivity index (χ2v) is 12.2. The predicted molar refractivity (Wildman–Crippen MR) is 189 cm³/mol. The number of rotatable bonds is 2. The van der Waals surface area contributed by atoms with Crippen LogP contribution in [0.1, 0.15) is 5.56 Å². The molecule has 0 unspecified atom stereocenters. The predicted octanol–water partition coefficient (Wildman–Crippen LogP) is 12.6. The summed E-state index contributed by atoms with van der Waals surface area (Å²) >= 11 is 0. The van der Waals surface area contributed by atoms with Crippen molar-refractivity contribution in [1.82, 2.24) is 0 Å². The molecule has 0 amide bonds. The molecule has 0 saturated carbocycles. The zero-order valence-electron chi connectivity index (χ0n) is 24.6. The second kappa shape index (κ2) is 9.07. The Bertz CT molecular complexity index is 2830. The molecule has 0 N–H and O–H groups in total. The van der Waals surface area contributed by atoms with Gasteiger partial charge in [0, 0.05) is 21.5 Å². The Hall–Kier alpha value is -5.86. The molecule has 0 spiro atoms. The Morgan fingerprint density at radius 3 is 1.22 bits per heavy atom. The van der Waals surface area contributed by atoms with Crippen LogP contribution in [0.3, 0.4) is 0 Å². The summed E-state index contributed by atoms with van der Waals surface area (Å²) < 4.78 is 12.2. The molecule has 8 aromatic carbocycles. The van der Waals surface area contributed by atoms with Crippen LogP contribution in [0.2, 0.25) is 0 Å². The van der Waals surface area contributed by atoms with Crippen molar-refractivity contribution in [3.8, 4) is 22.3 Å². The van der Waals surface area contributed by atoms with Gasteiger partial charge in [0.05, 0.1) is 0 Å². The van der Waals surface area contributed by atoms with E-state index in [4.69, 9.17) is 8.83 Å². The molecule has 0 aliphatic rings. The monoisotopic (exact) mass is 574 g/mol. The maximum absolute atomic E-state index is 6.11. The number of para-hydroxylation sites is 2. The summed E-state index contributed by atoms with van der Waals surface area (Å²) in [5, 5.41) is 12.2. The lowest BCUT2D eigenvalue weighted by Gasteiger charge is -2.14. The molecular formula is C43H26O2. The van der Waals surface area contributed by atoms with Gasteiger partial charge in [0.2, 0.25) is 0 Å². The molecule has 45 heavy (non-hydrogen) atoms. The van der Waals surface area contributed by atoms with Gasteiger partial charge < -0.3 is 8.83 Å². The van der Waals surface area contributed by atoms with Crippen LogP contribution in [0, 0.1) is 6.92 Å². The lowest BCUT2D eigenvalue weighted by molar-refractivity contribution is 0.668. The van der Waals surface area contributed by atoms with E-state index in [1.54, 1.807) is 0 Å². The molecule has 10 rings (SSSR count). The molecule has 0 aliphatic heterocycles. The van der Waals surface area contributed by atoms with E-state index in [-0.39, 0.29) is 0 Å². The van der Waals surface area contributed by atoms with Gasteiger partial charge >= 0.3 is 0 Å². The number of aryl methyl sites for hydroxylation is 1. The molecule has 0 atom stereocenters. The van der Waals surface area contributed by atoms with Gasteiger partial charge in [-0.05, 0) is 110 Å². The van der Waals surface area contributed by atoms with Crippen LogP contribution in [0.4, 0.5) is 0 Å². The summed E-state index contributed by atoms with van der Waals surface area (Å²) in [6, 6.07) is 50.3. The van der Waals surface area contributed by atoms with E-state index < -0.39 is 0 Å². The zero-order chi connectivity index (χ0) is 29.6. The summed E-state index contributed by atoms with van der Waals surface area (Å²) in [4.78, 5) is 0. The fraction of sp³-hybridized carbons (Fsp3) is 0.0233. The molecule has 0 saturated heterocycles. The van der Waals surface area contributed by atoms with Gasteiger partial charge in [-0.25, -0.2) is 0 Å². The SMILES string of the molecule is Cc1ccc2c(c1)c1cc(-c3ccc4oc5ccccc5c4c3)ccc1c1ccc(-c3ccc4oc5ccccc5c4c3)cc12. The maximum atomic E-state index is 6.11. The van der Waals surface area contributed by atoms with Gasteiger partial charge in [-0.2, -0.15) is 0 Å². The van der Waals surface area contributed by atoms with Crippen LogP contribution in [-0.4, -0.2) is 0 Å². The van der Waals surface area contributed by atoms with E-state index in [0.29, 0.717) is 0 Å². The van der Waals surface area contributed by atoms with E-state index in [9.17, 15) is 0 Å². The third-order valence-corrected chi connectivity index (χ3v) is 9.50. The van der Waals surface area contributed by atoms with E-state index in [1.807, 2.05) is 24.3 Å². The Kier molecular flexibility index (Phi) is 4.95. The van der Waals surface area contributed by atoms with Crippen LogP contribution in [-0.2, 0) is 0 Å². The van der Waals surface area contributed by atoms with Crippen LogP contribution in [0.15, 0.2) is 148 Å². The third kappa shape index (κ3) is 3.63. The van der Waals surface area contributed by atoms with Gasteiger partial charge in [0.15, 0.2) is 0 Å². The van der Waals surface area contributed by atoms with Crippen molar-refractivity contribution < 1.29 is 8.83 Å². The summed E-state index contributed by atoms with van der Waals surface area (Å²) in [7, 11) is 0.